The van der Waals surface area contributed by atoms with E-state index in [1.165, 1.54) is 6.07 Å². The molecule has 1 rings (SSSR count). The highest BCUT2D eigenvalue weighted by molar-refractivity contribution is 5.87. The number of rotatable bonds is 12. The summed E-state index contributed by atoms with van der Waals surface area (Å²) in [5, 5.41) is 7.77. The average molecular weight is 423 g/mol. The molecule has 1 aromatic rings. The van der Waals surface area contributed by atoms with E-state index in [2.05, 4.69) is 32.5 Å². The van der Waals surface area contributed by atoms with Gasteiger partial charge in [-0.1, -0.05) is 19.4 Å². The topological polar surface area (TPSA) is 152 Å². The molecule has 11 heteroatoms. The first-order valence-corrected chi connectivity index (χ1v) is 9.66. The van der Waals surface area contributed by atoms with Gasteiger partial charge in [-0.25, -0.2) is 19.4 Å². The van der Waals surface area contributed by atoms with Gasteiger partial charge >= 0.3 is 18.1 Å². The maximum atomic E-state index is 11.8. The van der Waals surface area contributed by atoms with E-state index < -0.39 is 24.2 Å². The molecule has 0 spiro atoms. The molecule has 0 aliphatic carbocycles. The van der Waals surface area contributed by atoms with Crippen LogP contribution in [-0.2, 0) is 14.3 Å². The molecule has 0 aliphatic heterocycles. The molecule has 1 heterocycles. The molecule has 4 N–H and O–H groups in total. The Bertz CT molecular complexity index is 779. The Balaban J connectivity index is 2.03. The number of hydrogen-bond donors (Lipinski definition) is 4. The fourth-order valence-corrected chi connectivity index (χ4v) is 2.30. The Morgan fingerprint density at radius 3 is 2.50 bits per heavy atom. The lowest BCUT2D eigenvalue weighted by Gasteiger charge is -2.13. The minimum atomic E-state index is -0.571. The van der Waals surface area contributed by atoms with Gasteiger partial charge in [0.05, 0.1) is 0 Å². The Labute approximate surface area is 174 Å². The third-order valence-electron chi connectivity index (χ3n) is 3.70. The zero-order chi connectivity index (χ0) is 22.4. The van der Waals surface area contributed by atoms with E-state index in [-0.39, 0.29) is 18.1 Å². The van der Waals surface area contributed by atoms with Crippen LogP contribution in [0.4, 0.5) is 15.5 Å². The molecular formula is C19H29N5O6. The van der Waals surface area contributed by atoms with Crippen molar-refractivity contribution in [3.05, 3.63) is 34.8 Å². The lowest BCUT2D eigenvalue weighted by molar-refractivity contribution is -0.140. The van der Waals surface area contributed by atoms with Crippen LogP contribution in [0.5, 0.6) is 0 Å². The van der Waals surface area contributed by atoms with E-state index in [1.54, 1.807) is 13.8 Å². The van der Waals surface area contributed by atoms with Crippen LogP contribution in [0.15, 0.2) is 23.5 Å². The Kier molecular flexibility index (Phi) is 11.3. The van der Waals surface area contributed by atoms with E-state index in [0.717, 1.165) is 31.8 Å². The van der Waals surface area contributed by atoms with Gasteiger partial charge in [0.2, 0.25) is 5.95 Å². The lowest BCUT2D eigenvalue weighted by atomic mass is 10.2. The highest BCUT2D eigenvalue weighted by Gasteiger charge is 2.10. The number of ether oxygens (including phenoxy) is 2. The van der Waals surface area contributed by atoms with Crippen molar-refractivity contribution in [1.29, 1.82) is 0 Å². The van der Waals surface area contributed by atoms with Crippen molar-refractivity contribution in [2.45, 2.75) is 45.6 Å². The van der Waals surface area contributed by atoms with Crippen LogP contribution in [0.3, 0.4) is 0 Å². The van der Waals surface area contributed by atoms with Gasteiger partial charge in [-0.3, -0.25) is 15.1 Å². The SMILES string of the molecule is C=CC(=O)OCC(C)OC(=O)NCCCCCCNC(=O)Nc1nc(C)cc(=O)[nH]1. The lowest BCUT2D eigenvalue weighted by Crippen LogP contribution is -2.31. The molecule has 11 nitrogen and oxygen atoms in total. The fraction of sp³-hybridized carbons (Fsp3) is 0.526. The number of aromatic nitrogens is 2. The third-order valence-corrected chi connectivity index (χ3v) is 3.70. The predicted molar refractivity (Wildman–Crippen MR) is 110 cm³/mol. The summed E-state index contributed by atoms with van der Waals surface area (Å²) in [5.74, 6) is -0.469. The molecule has 1 aromatic heterocycles. The molecule has 1 unspecified atom stereocenters. The minimum Gasteiger partial charge on any atom is -0.459 e. The summed E-state index contributed by atoms with van der Waals surface area (Å²) in [7, 11) is 0. The molecular weight excluding hydrogens is 394 g/mol. The van der Waals surface area contributed by atoms with Crippen molar-refractivity contribution >= 4 is 24.0 Å². The number of aromatic amines is 1. The average Bonchev–Trinajstić information content (AvgIpc) is 2.67. The molecule has 0 fully saturated rings. The van der Waals surface area contributed by atoms with Crippen LogP contribution in [0, 0.1) is 6.92 Å². The minimum absolute atomic E-state index is 0.0329. The molecule has 3 amide bonds. The first-order chi connectivity index (χ1) is 14.3. The van der Waals surface area contributed by atoms with Crippen molar-refractivity contribution in [3.63, 3.8) is 0 Å². The number of esters is 1. The monoisotopic (exact) mass is 423 g/mol. The molecule has 0 radical (unpaired) electrons. The molecule has 0 bridgehead atoms. The van der Waals surface area contributed by atoms with E-state index >= 15 is 0 Å². The second-order valence-electron chi connectivity index (χ2n) is 6.51. The van der Waals surface area contributed by atoms with Crippen LogP contribution in [0.1, 0.15) is 38.3 Å². The van der Waals surface area contributed by atoms with Crippen molar-refractivity contribution in [2.75, 3.05) is 25.0 Å². The Hall–Kier alpha value is -3.37. The maximum Gasteiger partial charge on any atom is 0.407 e. The second-order valence-corrected chi connectivity index (χ2v) is 6.51. The number of carbonyl (C=O) groups excluding carboxylic acids is 3. The smallest absolute Gasteiger partial charge is 0.407 e. The van der Waals surface area contributed by atoms with Gasteiger partial charge < -0.3 is 20.1 Å². The number of carbonyl (C=O) groups is 3. The highest BCUT2D eigenvalue weighted by Crippen LogP contribution is 2.00. The molecule has 0 aliphatic rings. The largest absolute Gasteiger partial charge is 0.459 e. The van der Waals surface area contributed by atoms with E-state index in [9.17, 15) is 19.2 Å². The van der Waals surface area contributed by atoms with Crippen LogP contribution >= 0.6 is 0 Å². The highest BCUT2D eigenvalue weighted by atomic mass is 16.6. The predicted octanol–water partition coefficient (Wildman–Crippen LogP) is 1.60. The number of nitrogens with zero attached hydrogens (tertiary/aromatic N) is 1. The van der Waals surface area contributed by atoms with Crippen molar-refractivity contribution in [3.8, 4) is 0 Å². The van der Waals surface area contributed by atoms with Gasteiger partial charge in [0.1, 0.15) is 12.7 Å². The van der Waals surface area contributed by atoms with Crippen molar-refractivity contribution < 1.29 is 23.9 Å². The summed E-state index contributed by atoms with van der Waals surface area (Å²) in [4.78, 5) is 52.0. The number of urea groups is 1. The zero-order valence-corrected chi connectivity index (χ0v) is 17.3. The summed E-state index contributed by atoms with van der Waals surface area (Å²) < 4.78 is 9.82. The first kappa shape index (κ1) is 24.7. The number of aryl methyl sites for hydroxylation is 1. The Morgan fingerprint density at radius 2 is 1.87 bits per heavy atom. The molecule has 166 valence electrons. The van der Waals surface area contributed by atoms with Gasteiger partial charge in [0.25, 0.3) is 5.56 Å². The molecule has 0 saturated carbocycles. The van der Waals surface area contributed by atoms with E-state index in [4.69, 9.17) is 9.47 Å². The standard InChI is InChI=1S/C19H29N5O6/c1-4-16(26)29-12-14(3)30-19(28)21-10-8-6-5-7-9-20-18(27)24-17-22-13(2)11-15(25)23-17/h4,11,14H,1,5-10,12H2,2-3H3,(H,21,28)(H3,20,22,23,24,25,27). The first-order valence-electron chi connectivity index (χ1n) is 9.66. The summed E-state index contributed by atoms with van der Waals surface area (Å²) in [5.41, 5.74) is 0.179. The molecule has 30 heavy (non-hydrogen) atoms. The van der Waals surface area contributed by atoms with Crippen LogP contribution in [-0.4, -0.2) is 53.9 Å². The van der Waals surface area contributed by atoms with Crippen molar-refractivity contribution in [1.82, 2.24) is 20.6 Å². The second kappa shape index (κ2) is 13.7. The van der Waals surface area contributed by atoms with Crippen LogP contribution < -0.4 is 21.5 Å². The number of hydrogen-bond acceptors (Lipinski definition) is 7. The summed E-state index contributed by atoms with van der Waals surface area (Å²) in [6.07, 6.45) is 3.17. The van der Waals surface area contributed by atoms with Crippen LogP contribution in [0.2, 0.25) is 0 Å². The molecule has 1 atom stereocenters. The fourth-order valence-electron chi connectivity index (χ4n) is 2.30. The van der Waals surface area contributed by atoms with Crippen molar-refractivity contribution in [2.24, 2.45) is 0 Å². The molecule has 0 aromatic carbocycles. The van der Waals surface area contributed by atoms with Crippen LogP contribution in [0.25, 0.3) is 0 Å². The number of alkyl carbamates (subject to hydrolysis) is 1. The quantitative estimate of drug-likeness (QED) is 0.226. The number of H-pyrrole nitrogens is 1. The molecule has 0 saturated heterocycles. The summed E-state index contributed by atoms with van der Waals surface area (Å²) in [6, 6.07) is 0.889. The number of anilines is 1. The van der Waals surface area contributed by atoms with Gasteiger partial charge in [0.15, 0.2) is 0 Å². The third kappa shape index (κ3) is 11.5. The number of unbranched alkanes of at least 4 members (excludes halogenated alkanes) is 3. The normalized spacial score (nSPS) is 11.1. The number of amides is 3. The van der Waals surface area contributed by atoms with E-state index in [1.807, 2.05) is 0 Å². The van der Waals surface area contributed by atoms with Gasteiger partial charge in [-0.2, -0.15) is 0 Å². The zero-order valence-electron chi connectivity index (χ0n) is 17.3. The summed E-state index contributed by atoms with van der Waals surface area (Å²) >= 11 is 0. The van der Waals surface area contributed by atoms with Gasteiger partial charge in [-0.15, -0.1) is 0 Å². The van der Waals surface area contributed by atoms with E-state index in [0.29, 0.717) is 18.8 Å². The Morgan fingerprint density at radius 1 is 1.20 bits per heavy atom. The van der Waals surface area contributed by atoms with Gasteiger partial charge in [-0.05, 0) is 26.7 Å². The summed E-state index contributed by atoms with van der Waals surface area (Å²) in [6.45, 7) is 7.45. The maximum absolute atomic E-state index is 11.8. The van der Waals surface area contributed by atoms with Gasteiger partial charge in [0, 0.05) is 30.9 Å². The number of nitrogens with one attached hydrogen (secondary N) is 4.